The standard InChI is InChI=1S/C20H17N3O7S/c1-29-15-6-8-16(9-7-15)30-19-10-5-14(23(25)26)12-18(19)20(24)22-13-3-2-4-17(11-13)31(21,27)28/h2-12H,1H3,(H,22,24)(H2,21,27,28). The van der Waals surface area contributed by atoms with Crippen molar-refractivity contribution >= 4 is 27.3 Å². The fourth-order valence-electron chi connectivity index (χ4n) is 2.62. The molecule has 11 heteroatoms. The van der Waals surface area contributed by atoms with Crippen LogP contribution in [0.5, 0.6) is 17.2 Å². The first-order valence-electron chi connectivity index (χ1n) is 8.72. The topological polar surface area (TPSA) is 151 Å². The molecule has 10 nitrogen and oxygen atoms in total. The molecule has 160 valence electrons. The molecule has 0 heterocycles. The van der Waals surface area contributed by atoms with Crippen molar-refractivity contribution in [2.24, 2.45) is 5.14 Å². The SMILES string of the molecule is COc1ccc(Oc2ccc([N+](=O)[O-])cc2C(=O)Nc2cccc(S(N)(=O)=O)c2)cc1. The molecule has 0 bridgehead atoms. The second kappa shape index (κ2) is 8.81. The van der Waals surface area contributed by atoms with Crippen LogP contribution >= 0.6 is 0 Å². The molecule has 0 saturated carbocycles. The largest absolute Gasteiger partial charge is 0.497 e. The highest BCUT2D eigenvalue weighted by molar-refractivity contribution is 7.89. The molecule has 0 fully saturated rings. The Balaban J connectivity index is 1.94. The lowest BCUT2D eigenvalue weighted by Gasteiger charge is -2.12. The second-order valence-corrected chi connectivity index (χ2v) is 7.80. The number of non-ortho nitro benzene ring substituents is 1. The summed E-state index contributed by atoms with van der Waals surface area (Å²) in [5, 5.41) is 18.8. The van der Waals surface area contributed by atoms with Crippen molar-refractivity contribution in [3.63, 3.8) is 0 Å². The number of nitrogens with two attached hydrogens (primary N) is 1. The molecule has 3 N–H and O–H groups in total. The van der Waals surface area contributed by atoms with Gasteiger partial charge < -0.3 is 14.8 Å². The highest BCUT2D eigenvalue weighted by Gasteiger charge is 2.19. The van der Waals surface area contributed by atoms with Crippen LogP contribution in [-0.2, 0) is 10.0 Å². The van der Waals surface area contributed by atoms with E-state index in [1.807, 2.05) is 0 Å². The van der Waals surface area contributed by atoms with Crippen LogP contribution in [0, 0.1) is 10.1 Å². The number of nitro groups is 1. The van der Waals surface area contributed by atoms with Gasteiger partial charge >= 0.3 is 0 Å². The molecular formula is C20H17N3O7S. The summed E-state index contributed by atoms with van der Waals surface area (Å²) < 4.78 is 33.9. The zero-order valence-electron chi connectivity index (χ0n) is 16.1. The fraction of sp³-hybridized carbons (Fsp3) is 0.0500. The monoisotopic (exact) mass is 443 g/mol. The highest BCUT2D eigenvalue weighted by Crippen LogP contribution is 2.30. The number of amides is 1. The number of nitrogens with one attached hydrogen (secondary N) is 1. The molecule has 3 aromatic carbocycles. The van der Waals surface area contributed by atoms with Crippen molar-refractivity contribution in [1.82, 2.24) is 0 Å². The third-order valence-electron chi connectivity index (χ3n) is 4.13. The molecule has 0 radical (unpaired) electrons. The van der Waals surface area contributed by atoms with Crippen molar-refractivity contribution in [3.05, 3.63) is 82.4 Å². The maximum absolute atomic E-state index is 12.8. The van der Waals surface area contributed by atoms with Gasteiger partial charge in [0.25, 0.3) is 11.6 Å². The van der Waals surface area contributed by atoms with Gasteiger partial charge in [-0.2, -0.15) is 0 Å². The van der Waals surface area contributed by atoms with E-state index in [2.05, 4.69) is 5.32 Å². The highest BCUT2D eigenvalue weighted by atomic mass is 32.2. The van der Waals surface area contributed by atoms with Crippen LogP contribution in [0.4, 0.5) is 11.4 Å². The molecule has 3 rings (SSSR count). The van der Waals surface area contributed by atoms with Crippen molar-refractivity contribution in [2.75, 3.05) is 12.4 Å². The maximum atomic E-state index is 12.8. The maximum Gasteiger partial charge on any atom is 0.270 e. The molecule has 0 saturated heterocycles. The van der Waals surface area contributed by atoms with Gasteiger partial charge in [-0.15, -0.1) is 0 Å². The van der Waals surface area contributed by atoms with E-state index in [0.717, 1.165) is 6.07 Å². The summed E-state index contributed by atoms with van der Waals surface area (Å²) >= 11 is 0. The number of sulfonamides is 1. The number of hydrogen-bond donors (Lipinski definition) is 2. The summed E-state index contributed by atoms with van der Waals surface area (Å²) in [6, 6.07) is 15.4. The molecule has 0 aliphatic carbocycles. The summed E-state index contributed by atoms with van der Waals surface area (Å²) in [7, 11) is -2.46. The molecule has 0 atom stereocenters. The molecule has 0 aromatic heterocycles. The number of carbonyl (C=O) groups excluding carboxylic acids is 1. The van der Waals surface area contributed by atoms with Gasteiger partial charge in [0.2, 0.25) is 10.0 Å². The lowest BCUT2D eigenvalue weighted by molar-refractivity contribution is -0.384. The molecule has 31 heavy (non-hydrogen) atoms. The fourth-order valence-corrected chi connectivity index (χ4v) is 3.18. The van der Waals surface area contributed by atoms with Crippen LogP contribution in [0.1, 0.15) is 10.4 Å². The van der Waals surface area contributed by atoms with Crippen molar-refractivity contribution in [1.29, 1.82) is 0 Å². The van der Waals surface area contributed by atoms with Gasteiger partial charge in [-0.3, -0.25) is 14.9 Å². The zero-order chi connectivity index (χ0) is 22.6. The average molecular weight is 443 g/mol. The minimum Gasteiger partial charge on any atom is -0.497 e. The number of anilines is 1. The summed E-state index contributed by atoms with van der Waals surface area (Å²) in [5.74, 6) is 0.304. The van der Waals surface area contributed by atoms with E-state index in [9.17, 15) is 23.3 Å². The Morgan fingerprint density at radius 2 is 1.71 bits per heavy atom. The summed E-state index contributed by atoms with van der Waals surface area (Å²) in [5.41, 5.74) is -0.296. The summed E-state index contributed by atoms with van der Waals surface area (Å²) in [6.07, 6.45) is 0. The van der Waals surface area contributed by atoms with E-state index in [1.165, 1.54) is 43.5 Å². The van der Waals surface area contributed by atoms with Gasteiger partial charge in [0.1, 0.15) is 17.2 Å². The van der Waals surface area contributed by atoms with E-state index < -0.39 is 20.9 Å². The Kier molecular flexibility index (Phi) is 6.18. The number of hydrogen-bond acceptors (Lipinski definition) is 7. The smallest absolute Gasteiger partial charge is 0.270 e. The van der Waals surface area contributed by atoms with Crippen LogP contribution in [0.15, 0.2) is 71.6 Å². The van der Waals surface area contributed by atoms with Crippen LogP contribution in [-0.4, -0.2) is 26.4 Å². The predicted octanol–water partition coefficient (Wildman–Crippen LogP) is 3.30. The number of carbonyl (C=O) groups is 1. The van der Waals surface area contributed by atoms with Crippen molar-refractivity contribution < 1.29 is 27.6 Å². The quantitative estimate of drug-likeness (QED) is 0.420. The van der Waals surface area contributed by atoms with Crippen LogP contribution in [0.25, 0.3) is 0 Å². The van der Waals surface area contributed by atoms with Crippen LogP contribution in [0.2, 0.25) is 0 Å². The van der Waals surface area contributed by atoms with Crippen LogP contribution < -0.4 is 19.9 Å². The normalized spacial score (nSPS) is 10.9. The lowest BCUT2D eigenvalue weighted by atomic mass is 10.1. The van der Waals surface area contributed by atoms with Crippen LogP contribution in [0.3, 0.4) is 0 Å². The first kappa shape index (κ1) is 21.7. The number of rotatable bonds is 7. The predicted molar refractivity (Wildman–Crippen MR) is 112 cm³/mol. The molecule has 3 aromatic rings. The van der Waals surface area contributed by atoms with Gasteiger partial charge in [0.15, 0.2) is 0 Å². The number of nitrogens with zero attached hydrogens (tertiary/aromatic N) is 1. The third-order valence-corrected chi connectivity index (χ3v) is 5.04. The Morgan fingerprint density at radius 3 is 2.32 bits per heavy atom. The van der Waals surface area contributed by atoms with Gasteiger partial charge in [-0.05, 0) is 48.5 Å². The number of primary sulfonamides is 1. The Morgan fingerprint density at radius 1 is 1.03 bits per heavy atom. The Labute approximate surface area is 177 Å². The zero-order valence-corrected chi connectivity index (χ0v) is 17.0. The molecule has 0 spiro atoms. The van der Waals surface area contributed by atoms with Gasteiger partial charge in [-0.25, -0.2) is 13.6 Å². The molecule has 0 aliphatic heterocycles. The van der Waals surface area contributed by atoms with E-state index in [1.54, 1.807) is 24.3 Å². The van der Waals surface area contributed by atoms with Crippen molar-refractivity contribution in [2.45, 2.75) is 4.90 Å². The Bertz CT molecular complexity index is 1240. The summed E-state index contributed by atoms with van der Waals surface area (Å²) in [4.78, 5) is 23.2. The first-order chi connectivity index (χ1) is 14.7. The van der Waals surface area contributed by atoms with Crippen molar-refractivity contribution in [3.8, 4) is 17.2 Å². The number of methoxy groups -OCH3 is 1. The van der Waals surface area contributed by atoms with E-state index in [0.29, 0.717) is 11.5 Å². The minimum atomic E-state index is -3.97. The number of benzene rings is 3. The number of nitro benzene ring substituents is 1. The first-order valence-corrected chi connectivity index (χ1v) is 10.3. The number of ether oxygens (including phenoxy) is 2. The second-order valence-electron chi connectivity index (χ2n) is 6.24. The molecular weight excluding hydrogens is 426 g/mol. The average Bonchev–Trinajstić information content (AvgIpc) is 2.74. The third kappa shape index (κ3) is 5.35. The lowest BCUT2D eigenvalue weighted by Crippen LogP contribution is -2.15. The van der Waals surface area contributed by atoms with Gasteiger partial charge in [0.05, 0.1) is 22.5 Å². The van der Waals surface area contributed by atoms with E-state index in [-0.39, 0.29) is 27.6 Å². The molecule has 1 amide bonds. The van der Waals surface area contributed by atoms with Gasteiger partial charge in [0, 0.05) is 17.8 Å². The Hall–Kier alpha value is -3.96. The minimum absolute atomic E-state index is 0.0656. The summed E-state index contributed by atoms with van der Waals surface area (Å²) in [6.45, 7) is 0. The van der Waals surface area contributed by atoms with Gasteiger partial charge in [-0.1, -0.05) is 6.07 Å². The molecule has 0 unspecified atom stereocenters. The molecule has 0 aliphatic rings. The van der Waals surface area contributed by atoms with E-state index in [4.69, 9.17) is 14.6 Å². The van der Waals surface area contributed by atoms with E-state index >= 15 is 0 Å².